The molecule has 1 aliphatic heterocycles. The highest BCUT2D eigenvalue weighted by Gasteiger charge is 2.26. The van der Waals surface area contributed by atoms with Crippen LogP contribution < -0.4 is 0 Å². The Morgan fingerprint density at radius 1 is 1.22 bits per heavy atom. The number of carbonyl (C=O) groups excluding carboxylic acids is 1. The van der Waals surface area contributed by atoms with E-state index < -0.39 is 0 Å². The van der Waals surface area contributed by atoms with Crippen molar-refractivity contribution in [1.29, 1.82) is 0 Å². The molecule has 3 atom stereocenters. The number of ether oxygens (including phenoxy) is 1. The molecule has 1 saturated heterocycles. The van der Waals surface area contributed by atoms with Crippen LogP contribution in [0.4, 0.5) is 0 Å². The fraction of sp³-hybridized carbons (Fsp3) is 0.933. The van der Waals surface area contributed by atoms with Crippen LogP contribution >= 0.6 is 0 Å². The summed E-state index contributed by atoms with van der Waals surface area (Å²) in [6.07, 6.45) is 6.25. The van der Waals surface area contributed by atoms with Crippen molar-refractivity contribution >= 4 is 5.97 Å². The zero-order valence-corrected chi connectivity index (χ0v) is 11.9. The number of hydrogen-bond donors (Lipinski definition) is 0. The van der Waals surface area contributed by atoms with Gasteiger partial charge in [-0.2, -0.15) is 0 Å². The Bertz CT molecular complexity index is 274. The van der Waals surface area contributed by atoms with Gasteiger partial charge in [0.2, 0.25) is 0 Å². The smallest absolute Gasteiger partial charge is 0.320 e. The molecular weight excluding hydrogens is 226 g/mol. The van der Waals surface area contributed by atoms with Crippen molar-refractivity contribution in [2.45, 2.75) is 46.0 Å². The highest BCUT2D eigenvalue weighted by molar-refractivity contribution is 5.71. The van der Waals surface area contributed by atoms with Crippen LogP contribution in [0.1, 0.15) is 46.0 Å². The summed E-state index contributed by atoms with van der Waals surface area (Å²) >= 11 is 0. The summed E-state index contributed by atoms with van der Waals surface area (Å²) in [5, 5.41) is 0. The van der Waals surface area contributed by atoms with E-state index in [2.05, 4.69) is 18.7 Å². The third-order valence-electron chi connectivity index (χ3n) is 4.62. The van der Waals surface area contributed by atoms with Gasteiger partial charge in [0.15, 0.2) is 0 Å². The van der Waals surface area contributed by atoms with Gasteiger partial charge < -0.3 is 4.74 Å². The van der Waals surface area contributed by atoms with Gasteiger partial charge in [0, 0.05) is 0 Å². The SMILES string of the molecule is CC1CCC(COC(=O)CN2CCCC2)C(C)C1. The van der Waals surface area contributed by atoms with Crippen LogP contribution in [0.15, 0.2) is 0 Å². The van der Waals surface area contributed by atoms with E-state index in [0.29, 0.717) is 25.0 Å². The average Bonchev–Trinajstić information content (AvgIpc) is 2.80. The van der Waals surface area contributed by atoms with Gasteiger partial charge in [-0.1, -0.05) is 20.3 Å². The maximum absolute atomic E-state index is 11.7. The molecular formula is C15H27NO2. The Morgan fingerprint density at radius 2 is 1.94 bits per heavy atom. The molecule has 0 radical (unpaired) electrons. The summed E-state index contributed by atoms with van der Waals surface area (Å²) in [6, 6.07) is 0. The molecule has 2 aliphatic rings. The maximum Gasteiger partial charge on any atom is 0.320 e. The van der Waals surface area contributed by atoms with Crippen LogP contribution in [0.25, 0.3) is 0 Å². The second-order valence-corrected chi connectivity index (χ2v) is 6.32. The lowest BCUT2D eigenvalue weighted by Crippen LogP contribution is -2.31. The summed E-state index contributed by atoms with van der Waals surface area (Å²) < 4.78 is 5.47. The van der Waals surface area contributed by atoms with Crippen LogP contribution in [0.5, 0.6) is 0 Å². The van der Waals surface area contributed by atoms with E-state index in [1.54, 1.807) is 0 Å². The van der Waals surface area contributed by atoms with Crippen molar-refractivity contribution in [3.8, 4) is 0 Å². The largest absolute Gasteiger partial charge is 0.464 e. The second kappa shape index (κ2) is 6.55. The number of esters is 1. The highest BCUT2D eigenvalue weighted by Crippen LogP contribution is 2.33. The first-order chi connectivity index (χ1) is 8.65. The van der Waals surface area contributed by atoms with Crippen LogP contribution in [0.2, 0.25) is 0 Å². The molecule has 104 valence electrons. The molecule has 1 aliphatic carbocycles. The van der Waals surface area contributed by atoms with Crippen molar-refractivity contribution in [2.24, 2.45) is 17.8 Å². The van der Waals surface area contributed by atoms with Crippen molar-refractivity contribution in [1.82, 2.24) is 4.90 Å². The first kappa shape index (κ1) is 13.9. The molecule has 0 aromatic heterocycles. The summed E-state index contributed by atoms with van der Waals surface area (Å²) in [5.41, 5.74) is 0. The molecule has 0 amide bonds. The molecule has 0 spiro atoms. The molecule has 1 saturated carbocycles. The first-order valence-electron chi connectivity index (χ1n) is 7.53. The van der Waals surface area contributed by atoms with Gasteiger partial charge in [0.1, 0.15) is 0 Å². The van der Waals surface area contributed by atoms with Gasteiger partial charge in [-0.3, -0.25) is 9.69 Å². The molecule has 2 fully saturated rings. The summed E-state index contributed by atoms with van der Waals surface area (Å²) in [7, 11) is 0. The molecule has 0 N–H and O–H groups in total. The van der Waals surface area contributed by atoms with Gasteiger partial charge in [0.05, 0.1) is 13.2 Å². The molecule has 3 unspecified atom stereocenters. The quantitative estimate of drug-likeness (QED) is 0.721. The number of hydrogen-bond acceptors (Lipinski definition) is 3. The molecule has 3 nitrogen and oxygen atoms in total. The lowest BCUT2D eigenvalue weighted by Gasteiger charge is -2.32. The molecule has 0 aromatic rings. The van der Waals surface area contributed by atoms with E-state index in [-0.39, 0.29) is 5.97 Å². The Kier molecular flexibility index (Phi) is 5.04. The fourth-order valence-electron chi connectivity index (χ4n) is 3.34. The lowest BCUT2D eigenvalue weighted by molar-refractivity contribution is -0.147. The second-order valence-electron chi connectivity index (χ2n) is 6.32. The molecule has 2 rings (SSSR count). The summed E-state index contributed by atoms with van der Waals surface area (Å²) in [6.45, 7) is 7.89. The van der Waals surface area contributed by atoms with E-state index in [1.165, 1.54) is 32.1 Å². The van der Waals surface area contributed by atoms with E-state index in [0.717, 1.165) is 19.0 Å². The topological polar surface area (TPSA) is 29.5 Å². The predicted molar refractivity (Wildman–Crippen MR) is 72.3 cm³/mol. The van der Waals surface area contributed by atoms with Gasteiger partial charge >= 0.3 is 5.97 Å². The van der Waals surface area contributed by atoms with Gasteiger partial charge in [-0.25, -0.2) is 0 Å². The van der Waals surface area contributed by atoms with Gasteiger partial charge in [-0.15, -0.1) is 0 Å². The van der Waals surface area contributed by atoms with Crippen LogP contribution in [-0.4, -0.2) is 37.1 Å². The van der Waals surface area contributed by atoms with E-state index in [9.17, 15) is 4.79 Å². The van der Waals surface area contributed by atoms with Gasteiger partial charge in [0.25, 0.3) is 0 Å². The Labute approximate surface area is 111 Å². The third-order valence-corrected chi connectivity index (χ3v) is 4.62. The van der Waals surface area contributed by atoms with Crippen LogP contribution in [0.3, 0.4) is 0 Å². The number of carbonyl (C=O) groups is 1. The van der Waals surface area contributed by atoms with E-state index in [4.69, 9.17) is 4.74 Å². The lowest BCUT2D eigenvalue weighted by atomic mass is 9.76. The number of rotatable bonds is 4. The summed E-state index contributed by atoms with van der Waals surface area (Å²) in [4.78, 5) is 14.0. The van der Waals surface area contributed by atoms with Crippen LogP contribution in [-0.2, 0) is 9.53 Å². The fourth-order valence-corrected chi connectivity index (χ4v) is 3.34. The van der Waals surface area contributed by atoms with Gasteiger partial charge in [-0.05, 0) is 56.5 Å². The standard InChI is InChI=1S/C15H27NO2/c1-12-5-6-14(13(2)9-12)11-18-15(17)10-16-7-3-4-8-16/h12-14H,3-11H2,1-2H3. The third kappa shape index (κ3) is 3.98. The first-order valence-corrected chi connectivity index (χ1v) is 7.53. The molecule has 3 heteroatoms. The monoisotopic (exact) mass is 253 g/mol. The van der Waals surface area contributed by atoms with Crippen molar-refractivity contribution < 1.29 is 9.53 Å². The van der Waals surface area contributed by atoms with Crippen LogP contribution in [0, 0.1) is 17.8 Å². The summed E-state index contributed by atoms with van der Waals surface area (Å²) in [5.74, 6) is 2.11. The molecule has 1 heterocycles. The molecule has 0 aromatic carbocycles. The predicted octanol–water partition coefficient (Wildman–Crippen LogP) is 2.70. The normalized spacial score (nSPS) is 33.6. The average molecular weight is 253 g/mol. The Morgan fingerprint density at radius 3 is 2.61 bits per heavy atom. The molecule has 0 bridgehead atoms. The maximum atomic E-state index is 11.7. The number of likely N-dealkylation sites (tertiary alicyclic amines) is 1. The minimum Gasteiger partial charge on any atom is -0.464 e. The minimum atomic E-state index is -0.0253. The zero-order chi connectivity index (χ0) is 13.0. The van der Waals surface area contributed by atoms with E-state index in [1.807, 2.05) is 0 Å². The zero-order valence-electron chi connectivity index (χ0n) is 11.9. The van der Waals surface area contributed by atoms with Crippen molar-refractivity contribution in [3.05, 3.63) is 0 Å². The Balaban J connectivity index is 1.65. The number of nitrogens with zero attached hydrogens (tertiary/aromatic N) is 1. The van der Waals surface area contributed by atoms with Crippen molar-refractivity contribution in [2.75, 3.05) is 26.2 Å². The highest BCUT2D eigenvalue weighted by atomic mass is 16.5. The molecule has 18 heavy (non-hydrogen) atoms. The minimum absolute atomic E-state index is 0.0253. The Hall–Kier alpha value is -0.570. The van der Waals surface area contributed by atoms with Crippen molar-refractivity contribution in [3.63, 3.8) is 0 Å². The van der Waals surface area contributed by atoms with E-state index >= 15 is 0 Å².